The lowest BCUT2D eigenvalue weighted by molar-refractivity contribution is -0.118. The van der Waals surface area contributed by atoms with E-state index in [1.165, 1.54) is 0 Å². The Morgan fingerprint density at radius 1 is 1.20 bits per heavy atom. The second kappa shape index (κ2) is 5.23. The number of rotatable bonds is 5. The Morgan fingerprint density at radius 2 is 1.70 bits per heavy atom. The van der Waals surface area contributed by atoms with Crippen LogP contribution in [0.5, 0.6) is 0 Å². The molecule has 0 atom stereocenters. The third kappa shape index (κ3) is 7.43. The number of hydrogen-bond donors (Lipinski definition) is 1. The van der Waals surface area contributed by atoms with Crippen LogP contribution in [-0.2, 0) is 9.59 Å². The van der Waals surface area contributed by atoms with Gasteiger partial charge in [-0.15, -0.1) is 0 Å². The summed E-state index contributed by atoms with van der Waals surface area (Å²) < 4.78 is 0. The second-order valence-electron chi connectivity index (χ2n) is 2.03. The predicted octanol–water partition coefficient (Wildman–Crippen LogP) is 0.797. The maximum atomic E-state index is 10.1. The van der Waals surface area contributed by atoms with Gasteiger partial charge in [-0.05, 0) is 24.4 Å². The highest BCUT2D eigenvalue weighted by Crippen LogP contribution is 2.01. The van der Waals surface area contributed by atoms with Gasteiger partial charge in [0.2, 0.25) is 11.1 Å². The third-order valence-electron chi connectivity index (χ3n) is 1.05. The van der Waals surface area contributed by atoms with Crippen LogP contribution in [0.3, 0.4) is 0 Å². The molecule has 0 unspecified atom stereocenters. The molecular weight excluding hydrogens is 154 g/mol. The topological polar surface area (TPSA) is 60.2 Å². The van der Waals surface area contributed by atoms with Gasteiger partial charge in [0.15, 0.2) is 0 Å². The molecule has 0 aliphatic heterocycles. The quantitative estimate of drug-likeness (QED) is 0.481. The minimum absolute atomic E-state index is 0.328. The number of hydrogen-bond acceptors (Lipinski definition) is 2. The van der Waals surface area contributed by atoms with E-state index < -0.39 is 0 Å². The van der Waals surface area contributed by atoms with E-state index in [4.69, 9.17) is 17.3 Å². The van der Waals surface area contributed by atoms with Crippen LogP contribution in [0.2, 0.25) is 0 Å². The van der Waals surface area contributed by atoms with Gasteiger partial charge in [-0.1, -0.05) is 0 Å². The summed E-state index contributed by atoms with van der Waals surface area (Å²) in [5, 5.41) is -0.357. The third-order valence-corrected chi connectivity index (χ3v) is 1.24. The largest absolute Gasteiger partial charge is 0.370 e. The predicted molar refractivity (Wildman–Crippen MR) is 38.5 cm³/mol. The molecule has 10 heavy (non-hydrogen) atoms. The van der Waals surface area contributed by atoms with Crippen molar-refractivity contribution in [2.24, 2.45) is 5.73 Å². The summed E-state index contributed by atoms with van der Waals surface area (Å²) in [5.41, 5.74) is 4.85. The van der Waals surface area contributed by atoms with E-state index in [1.807, 2.05) is 0 Å². The highest BCUT2D eigenvalue weighted by molar-refractivity contribution is 6.63. The zero-order valence-corrected chi connectivity index (χ0v) is 6.36. The summed E-state index contributed by atoms with van der Waals surface area (Å²) in [6, 6.07) is 0. The molecule has 0 aromatic rings. The van der Waals surface area contributed by atoms with Crippen LogP contribution in [0, 0.1) is 0 Å². The van der Waals surface area contributed by atoms with Gasteiger partial charge in [-0.3, -0.25) is 9.59 Å². The van der Waals surface area contributed by atoms with Crippen molar-refractivity contribution in [3.8, 4) is 0 Å². The Balaban J connectivity index is 3.06. The molecule has 0 saturated heterocycles. The Morgan fingerprint density at radius 3 is 2.10 bits per heavy atom. The zero-order valence-electron chi connectivity index (χ0n) is 5.60. The fourth-order valence-corrected chi connectivity index (χ4v) is 0.697. The molecule has 0 heterocycles. The van der Waals surface area contributed by atoms with Crippen molar-refractivity contribution in [3.05, 3.63) is 0 Å². The molecule has 4 heteroatoms. The Labute approximate surface area is 64.5 Å². The van der Waals surface area contributed by atoms with Crippen LogP contribution in [0.15, 0.2) is 0 Å². The average molecular weight is 164 g/mol. The number of halogens is 1. The molecule has 0 aromatic heterocycles. The lowest BCUT2D eigenvalue weighted by Gasteiger charge is -1.92. The Hall–Kier alpha value is -0.570. The van der Waals surface area contributed by atoms with Crippen LogP contribution in [0.1, 0.15) is 25.7 Å². The van der Waals surface area contributed by atoms with Crippen LogP contribution in [-0.4, -0.2) is 11.1 Å². The maximum Gasteiger partial charge on any atom is 0.221 e. The van der Waals surface area contributed by atoms with Gasteiger partial charge in [0, 0.05) is 12.8 Å². The molecule has 3 nitrogen and oxygen atoms in total. The van der Waals surface area contributed by atoms with Gasteiger partial charge >= 0.3 is 0 Å². The van der Waals surface area contributed by atoms with Gasteiger partial charge < -0.3 is 5.73 Å². The van der Waals surface area contributed by atoms with E-state index in [2.05, 4.69) is 0 Å². The number of carbonyl (C=O) groups excluding carboxylic acids is 2. The van der Waals surface area contributed by atoms with Gasteiger partial charge in [-0.2, -0.15) is 0 Å². The lowest BCUT2D eigenvalue weighted by atomic mass is 10.2. The highest BCUT2D eigenvalue weighted by Gasteiger charge is 1.97. The van der Waals surface area contributed by atoms with E-state index in [0.29, 0.717) is 25.7 Å². The minimum atomic E-state index is -0.357. The molecular formula is C6H10ClNO2. The first-order chi connectivity index (χ1) is 4.63. The van der Waals surface area contributed by atoms with E-state index >= 15 is 0 Å². The van der Waals surface area contributed by atoms with Gasteiger partial charge in [0.1, 0.15) is 0 Å². The fraction of sp³-hybridized carbons (Fsp3) is 0.667. The number of nitrogens with two attached hydrogens (primary N) is 1. The normalized spacial score (nSPS) is 9.30. The number of carbonyl (C=O) groups is 2. The summed E-state index contributed by atoms with van der Waals surface area (Å²) >= 11 is 5.04. The van der Waals surface area contributed by atoms with Gasteiger partial charge in [0.05, 0.1) is 0 Å². The average Bonchev–Trinajstić information content (AvgIpc) is 1.79. The van der Waals surface area contributed by atoms with Crippen LogP contribution in [0.25, 0.3) is 0 Å². The number of amides is 1. The van der Waals surface area contributed by atoms with Crippen molar-refractivity contribution < 1.29 is 9.59 Å². The lowest BCUT2D eigenvalue weighted by Crippen LogP contribution is -2.09. The molecule has 0 bridgehead atoms. The van der Waals surface area contributed by atoms with E-state index in [0.717, 1.165) is 0 Å². The van der Waals surface area contributed by atoms with Gasteiger partial charge in [-0.25, -0.2) is 0 Å². The molecule has 0 aliphatic carbocycles. The molecule has 0 radical (unpaired) electrons. The van der Waals surface area contributed by atoms with Crippen molar-refractivity contribution in [2.75, 3.05) is 0 Å². The molecule has 1 amide bonds. The summed E-state index contributed by atoms with van der Waals surface area (Å²) in [6.07, 6.45) is 1.96. The molecule has 58 valence electrons. The Kier molecular flexibility index (Phi) is 4.94. The molecule has 0 saturated carbocycles. The van der Waals surface area contributed by atoms with Crippen LogP contribution in [0.4, 0.5) is 0 Å². The summed E-state index contributed by atoms with van der Waals surface area (Å²) in [4.78, 5) is 20.3. The van der Waals surface area contributed by atoms with Crippen molar-refractivity contribution in [3.63, 3.8) is 0 Å². The number of primary amides is 1. The molecule has 2 N–H and O–H groups in total. The van der Waals surface area contributed by atoms with Crippen LogP contribution < -0.4 is 5.73 Å². The monoisotopic (exact) mass is 163 g/mol. The molecule has 0 aromatic carbocycles. The van der Waals surface area contributed by atoms with E-state index in [1.54, 1.807) is 0 Å². The van der Waals surface area contributed by atoms with Crippen molar-refractivity contribution >= 4 is 22.8 Å². The zero-order chi connectivity index (χ0) is 7.98. The first kappa shape index (κ1) is 9.43. The summed E-state index contributed by atoms with van der Waals surface area (Å²) in [6.45, 7) is 0. The standard InChI is InChI=1S/C6H10ClNO2/c7-5(9)3-1-2-4-6(8)10/h1-4H2,(H2,8,10). The number of unbranched alkanes of at least 4 members (excludes halogenated alkanes) is 1. The van der Waals surface area contributed by atoms with E-state index in [9.17, 15) is 9.59 Å². The smallest absolute Gasteiger partial charge is 0.221 e. The Bertz CT molecular complexity index is 120. The van der Waals surface area contributed by atoms with Crippen molar-refractivity contribution in [1.29, 1.82) is 0 Å². The molecule has 0 aliphatic rings. The first-order valence-corrected chi connectivity index (χ1v) is 3.47. The van der Waals surface area contributed by atoms with E-state index in [-0.39, 0.29) is 11.1 Å². The van der Waals surface area contributed by atoms with Crippen LogP contribution >= 0.6 is 11.6 Å². The molecule has 0 spiro atoms. The van der Waals surface area contributed by atoms with Gasteiger partial charge in [0.25, 0.3) is 0 Å². The molecule has 0 rings (SSSR count). The van der Waals surface area contributed by atoms with Crippen molar-refractivity contribution in [1.82, 2.24) is 0 Å². The van der Waals surface area contributed by atoms with Crippen molar-refractivity contribution in [2.45, 2.75) is 25.7 Å². The fourth-order valence-electron chi connectivity index (χ4n) is 0.563. The molecule has 0 fully saturated rings. The highest BCUT2D eigenvalue weighted by atomic mass is 35.5. The second-order valence-corrected chi connectivity index (χ2v) is 2.45. The summed E-state index contributed by atoms with van der Waals surface area (Å²) in [5.74, 6) is -0.331. The SMILES string of the molecule is NC(=O)CCCCC(=O)Cl. The maximum absolute atomic E-state index is 10.1. The minimum Gasteiger partial charge on any atom is -0.370 e. The first-order valence-electron chi connectivity index (χ1n) is 3.09. The summed E-state index contributed by atoms with van der Waals surface area (Å²) in [7, 11) is 0.